The second-order valence-corrected chi connectivity index (χ2v) is 4.08. The zero-order valence-corrected chi connectivity index (χ0v) is 10.6. The third kappa shape index (κ3) is 2.63. The Kier molecular flexibility index (Phi) is 3.61. The first-order valence-electron chi connectivity index (χ1n) is 5.53. The van der Waals surface area contributed by atoms with Gasteiger partial charge in [-0.25, -0.2) is 24.6 Å². The van der Waals surface area contributed by atoms with Gasteiger partial charge >= 0.3 is 0 Å². The van der Waals surface area contributed by atoms with E-state index in [-0.39, 0.29) is 11.6 Å². The Morgan fingerprint density at radius 2 is 2.16 bits per heavy atom. The van der Waals surface area contributed by atoms with Crippen molar-refractivity contribution in [3.8, 4) is 0 Å². The van der Waals surface area contributed by atoms with Crippen LogP contribution in [0.15, 0.2) is 18.5 Å². The molecule has 0 aliphatic rings. The van der Waals surface area contributed by atoms with Crippen molar-refractivity contribution in [1.82, 2.24) is 14.5 Å². The number of pyridine rings is 1. The summed E-state index contributed by atoms with van der Waals surface area (Å²) in [6.07, 6.45) is 3.43. The molecule has 0 aromatic carbocycles. The van der Waals surface area contributed by atoms with E-state index in [4.69, 9.17) is 5.84 Å². The summed E-state index contributed by atoms with van der Waals surface area (Å²) in [6.45, 7) is 0.336. The number of nitrogens with zero attached hydrogens (tertiary/aromatic N) is 4. The number of aromatic nitrogens is 3. The molecule has 0 aliphatic heterocycles. The van der Waals surface area contributed by atoms with Gasteiger partial charge in [-0.3, -0.25) is 0 Å². The number of nitrogens with one attached hydrogen (secondary N) is 1. The molecule has 3 N–H and O–H groups in total. The Morgan fingerprint density at radius 3 is 2.74 bits per heavy atom. The Morgan fingerprint density at radius 1 is 1.42 bits per heavy atom. The number of nitrogens with two attached hydrogens (primary N) is 1. The number of rotatable bonds is 4. The number of hydrogen-bond acceptors (Lipinski definition) is 5. The van der Waals surface area contributed by atoms with Crippen LogP contribution in [0.2, 0.25) is 0 Å². The lowest BCUT2D eigenvalue weighted by Crippen LogP contribution is -2.22. The van der Waals surface area contributed by atoms with E-state index in [2.05, 4.69) is 15.4 Å². The van der Waals surface area contributed by atoms with E-state index in [0.29, 0.717) is 6.54 Å². The molecule has 2 rings (SSSR count). The van der Waals surface area contributed by atoms with Gasteiger partial charge in [-0.05, 0) is 0 Å². The van der Waals surface area contributed by atoms with Crippen molar-refractivity contribution in [3.63, 3.8) is 0 Å². The standard InChI is InChI=1S/C11H14F2N6/c1-18-4-3-15-9(18)6-19(2)11-8(13)5-7(12)10(16-11)17-14/h3-5H,6,14H2,1-2H3,(H,16,17). The van der Waals surface area contributed by atoms with Gasteiger partial charge in [0.2, 0.25) is 0 Å². The van der Waals surface area contributed by atoms with E-state index >= 15 is 0 Å². The minimum Gasteiger partial charge on any atom is -0.350 e. The molecule has 0 unspecified atom stereocenters. The Bertz CT molecular complexity index is 583. The molecule has 2 heterocycles. The van der Waals surface area contributed by atoms with Gasteiger partial charge in [-0.15, -0.1) is 0 Å². The Hall–Kier alpha value is -2.22. The van der Waals surface area contributed by atoms with Crippen LogP contribution in [0.1, 0.15) is 5.82 Å². The molecule has 0 radical (unpaired) electrons. The molecule has 6 nitrogen and oxygen atoms in total. The van der Waals surface area contributed by atoms with Gasteiger partial charge < -0.3 is 14.9 Å². The molecule has 0 amide bonds. The average molecular weight is 268 g/mol. The topological polar surface area (TPSA) is 72.0 Å². The van der Waals surface area contributed by atoms with E-state index in [1.807, 2.05) is 7.05 Å². The highest BCUT2D eigenvalue weighted by Crippen LogP contribution is 2.21. The second-order valence-electron chi connectivity index (χ2n) is 4.08. The van der Waals surface area contributed by atoms with Crippen LogP contribution in [0.5, 0.6) is 0 Å². The molecule has 0 atom stereocenters. The predicted octanol–water partition coefficient (Wildman–Crippen LogP) is 1.02. The molecule has 0 spiro atoms. The maximum atomic E-state index is 13.7. The van der Waals surface area contributed by atoms with Crippen molar-refractivity contribution in [3.05, 3.63) is 35.9 Å². The van der Waals surface area contributed by atoms with Gasteiger partial charge in [0.25, 0.3) is 0 Å². The summed E-state index contributed by atoms with van der Waals surface area (Å²) in [7, 11) is 3.47. The summed E-state index contributed by atoms with van der Waals surface area (Å²) in [5.74, 6) is 4.05. The molecule has 8 heteroatoms. The van der Waals surface area contributed by atoms with Crippen LogP contribution in [-0.4, -0.2) is 21.6 Å². The smallest absolute Gasteiger partial charge is 0.178 e. The first-order valence-corrected chi connectivity index (χ1v) is 5.53. The van der Waals surface area contributed by atoms with Crippen molar-refractivity contribution in [2.24, 2.45) is 12.9 Å². The molecule has 0 aliphatic carbocycles. The number of hydrogen-bond donors (Lipinski definition) is 2. The Labute approximate surface area is 108 Å². The highest BCUT2D eigenvalue weighted by Gasteiger charge is 2.16. The number of halogens is 2. The largest absolute Gasteiger partial charge is 0.350 e. The van der Waals surface area contributed by atoms with Crippen LogP contribution in [0, 0.1) is 11.6 Å². The molecule has 0 fully saturated rings. The fourth-order valence-corrected chi connectivity index (χ4v) is 1.66. The number of imidazole rings is 1. The average Bonchev–Trinajstić information content (AvgIpc) is 2.75. The maximum absolute atomic E-state index is 13.7. The third-order valence-electron chi connectivity index (χ3n) is 2.71. The van der Waals surface area contributed by atoms with E-state index in [1.165, 1.54) is 4.90 Å². The van der Waals surface area contributed by atoms with Crippen molar-refractivity contribution in [2.45, 2.75) is 6.54 Å². The molecule has 2 aromatic heterocycles. The van der Waals surface area contributed by atoms with Crippen molar-refractivity contribution in [2.75, 3.05) is 17.4 Å². The second kappa shape index (κ2) is 5.19. The van der Waals surface area contributed by atoms with Crippen LogP contribution in [-0.2, 0) is 13.6 Å². The van der Waals surface area contributed by atoms with Crippen molar-refractivity contribution >= 4 is 11.6 Å². The first-order chi connectivity index (χ1) is 9.02. The number of hydrazine groups is 1. The van der Waals surface area contributed by atoms with E-state index in [0.717, 1.165) is 11.9 Å². The molecule has 19 heavy (non-hydrogen) atoms. The third-order valence-corrected chi connectivity index (χ3v) is 2.71. The monoisotopic (exact) mass is 268 g/mol. The summed E-state index contributed by atoms with van der Waals surface area (Å²) >= 11 is 0. The van der Waals surface area contributed by atoms with Gasteiger partial charge in [-0.1, -0.05) is 0 Å². The lowest BCUT2D eigenvalue weighted by Gasteiger charge is -2.19. The van der Waals surface area contributed by atoms with Gasteiger partial charge in [-0.2, -0.15) is 0 Å². The number of anilines is 2. The maximum Gasteiger partial charge on any atom is 0.178 e. The quantitative estimate of drug-likeness (QED) is 0.639. The highest BCUT2D eigenvalue weighted by molar-refractivity contribution is 5.48. The van der Waals surface area contributed by atoms with Crippen LogP contribution < -0.4 is 16.2 Å². The summed E-state index contributed by atoms with van der Waals surface area (Å²) < 4.78 is 28.8. The highest BCUT2D eigenvalue weighted by atomic mass is 19.1. The van der Waals surface area contributed by atoms with Crippen molar-refractivity contribution in [1.29, 1.82) is 0 Å². The summed E-state index contributed by atoms with van der Waals surface area (Å²) in [6, 6.07) is 0.743. The van der Waals surface area contributed by atoms with Crippen LogP contribution in [0.4, 0.5) is 20.4 Å². The minimum absolute atomic E-state index is 0.00245. The van der Waals surface area contributed by atoms with Gasteiger partial charge in [0.1, 0.15) is 5.82 Å². The van der Waals surface area contributed by atoms with E-state index < -0.39 is 11.6 Å². The first kappa shape index (κ1) is 13.2. The molecule has 2 aromatic rings. The SMILES string of the molecule is CN(Cc1nccn1C)c1nc(NN)c(F)cc1F. The van der Waals surface area contributed by atoms with E-state index in [9.17, 15) is 8.78 Å². The predicted molar refractivity (Wildman–Crippen MR) is 67.3 cm³/mol. The van der Waals surface area contributed by atoms with Crippen LogP contribution in [0.3, 0.4) is 0 Å². The number of aryl methyl sites for hydroxylation is 1. The molecule has 102 valence electrons. The summed E-state index contributed by atoms with van der Waals surface area (Å²) in [4.78, 5) is 9.46. The van der Waals surface area contributed by atoms with Crippen LogP contribution >= 0.6 is 0 Å². The van der Waals surface area contributed by atoms with Gasteiger partial charge in [0.15, 0.2) is 23.3 Å². The molecular weight excluding hydrogens is 254 g/mol. The molecular formula is C11H14F2N6. The van der Waals surface area contributed by atoms with Crippen molar-refractivity contribution < 1.29 is 8.78 Å². The normalized spacial score (nSPS) is 10.6. The minimum atomic E-state index is -0.839. The molecule has 0 saturated carbocycles. The van der Waals surface area contributed by atoms with Crippen LogP contribution in [0.25, 0.3) is 0 Å². The molecule has 0 bridgehead atoms. The fraction of sp³-hybridized carbons (Fsp3) is 0.273. The van der Waals surface area contributed by atoms with Gasteiger partial charge in [0.05, 0.1) is 6.54 Å². The summed E-state index contributed by atoms with van der Waals surface area (Å²) in [5, 5.41) is 0. The van der Waals surface area contributed by atoms with Gasteiger partial charge in [0, 0.05) is 32.6 Å². The lowest BCUT2D eigenvalue weighted by atomic mass is 10.3. The zero-order valence-electron chi connectivity index (χ0n) is 10.6. The number of nitrogen functional groups attached to an aromatic ring is 1. The summed E-state index contributed by atoms with van der Waals surface area (Å²) in [5.41, 5.74) is 2.09. The lowest BCUT2D eigenvalue weighted by molar-refractivity contribution is 0.571. The zero-order chi connectivity index (χ0) is 14.0. The molecule has 0 saturated heterocycles. The van der Waals surface area contributed by atoms with E-state index in [1.54, 1.807) is 24.0 Å². The Balaban J connectivity index is 2.28. The fourth-order valence-electron chi connectivity index (χ4n) is 1.66.